The van der Waals surface area contributed by atoms with E-state index in [4.69, 9.17) is 4.74 Å². The maximum atomic E-state index is 5.82. The molecule has 1 aliphatic rings. The van der Waals surface area contributed by atoms with E-state index in [1.54, 1.807) is 0 Å². The first kappa shape index (κ1) is 12.7. The Hall–Kier alpha value is -1.37. The molecule has 19 heavy (non-hydrogen) atoms. The zero-order valence-electron chi connectivity index (χ0n) is 10.6. The van der Waals surface area contributed by atoms with Crippen molar-refractivity contribution in [2.24, 2.45) is 0 Å². The van der Waals surface area contributed by atoms with Gasteiger partial charge in [-0.2, -0.15) is 4.98 Å². The SMILES string of the molecule is CNc1cc(Oc2cccc(I)c2)nc(C2CC2)n1. The van der Waals surface area contributed by atoms with Crippen LogP contribution >= 0.6 is 22.6 Å². The average Bonchev–Trinajstić information content (AvgIpc) is 3.22. The quantitative estimate of drug-likeness (QED) is 0.836. The van der Waals surface area contributed by atoms with Crippen LogP contribution < -0.4 is 10.1 Å². The summed E-state index contributed by atoms with van der Waals surface area (Å²) in [5.41, 5.74) is 0. The molecule has 1 N–H and O–H groups in total. The highest BCUT2D eigenvalue weighted by molar-refractivity contribution is 14.1. The summed E-state index contributed by atoms with van der Waals surface area (Å²) in [5, 5.41) is 3.05. The zero-order valence-corrected chi connectivity index (χ0v) is 12.7. The lowest BCUT2D eigenvalue weighted by atomic mass is 10.3. The second-order valence-corrected chi connectivity index (χ2v) is 5.78. The second-order valence-electron chi connectivity index (χ2n) is 4.53. The van der Waals surface area contributed by atoms with Crippen molar-refractivity contribution in [1.82, 2.24) is 9.97 Å². The number of rotatable bonds is 4. The van der Waals surface area contributed by atoms with Gasteiger partial charge < -0.3 is 10.1 Å². The molecular formula is C14H14IN3O. The van der Waals surface area contributed by atoms with Crippen LogP contribution in [0.4, 0.5) is 5.82 Å². The highest BCUT2D eigenvalue weighted by Crippen LogP contribution is 2.39. The van der Waals surface area contributed by atoms with Crippen LogP contribution in [-0.4, -0.2) is 17.0 Å². The van der Waals surface area contributed by atoms with E-state index in [0.717, 1.165) is 21.0 Å². The van der Waals surface area contributed by atoms with Crippen LogP contribution in [0.5, 0.6) is 11.6 Å². The predicted molar refractivity (Wildman–Crippen MR) is 82.8 cm³/mol. The Morgan fingerprint density at radius 3 is 2.79 bits per heavy atom. The normalized spacial score (nSPS) is 14.2. The lowest BCUT2D eigenvalue weighted by Crippen LogP contribution is -2.01. The van der Waals surface area contributed by atoms with E-state index in [0.29, 0.717) is 11.8 Å². The van der Waals surface area contributed by atoms with Gasteiger partial charge in [-0.15, -0.1) is 0 Å². The molecule has 0 saturated heterocycles. The molecular weight excluding hydrogens is 353 g/mol. The number of halogens is 1. The van der Waals surface area contributed by atoms with Gasteiger partial charge in [-0.25, -0.2) is 4.98 Å². The Kier molecular flexibility index (Phi) is 3.54. The van der Waals surface area contributed by atoms with Crippen molar-refractivity contribution in [3.63, 3.8) is 0 Å². The minimum Gasteiger partial charge on any atom is -0.439 e. The first-order chi connectivity index (χ1) is 9.24. The van der Waals surface area contributed by atoms with Gasteiger partial charge in [0.15, 0.2) is 0 Å². The van der Waals surface area contributed by atoms with Crippen molar-refractivity contribution in [3.05, 3.63) is 39.7 Å². The Bertz CT molecular complexity index is 599. The molecule has 0 unspecified atom stereocenters. The van der Waals surface area contributed by atoms with Crippen molar-refractivity contribution >= 4 is 28.4 Å². The monoisotopic (exact) mass is 367 g/mol. The summed E-state index contributed by atoms with van der Waals surface area (Å²) in [5.74, 6) is 3.59. The molecule has 1 fully saturated rings. The van der Waals surface area contributed by atoms with Crippen LogP contribution in [0.1, 0.15) is 24.6 Å². The Balaban J connectivity index is 1.89. The standard InChI is InChI=1S/C14H14IN3O/c1-16-12-8-13(18-14(17-12)9-5-6-9)19-11-4-2-3-10(15)7-11/h2-4,7-9H,5-6H2,1H3,(H,16,17,18). The number of nitrogens with zero attached hydrogens (tertiary/aromatic N) is 2. The maximum absolute atomic E-state index is 5.82. The number of ether oxygens (including phenoxy) is 1. The van der Waals surface area contributed by atoms with Gasteiger partial charge in [0.05, 0.1) is 0 Å². The maximum Gasteiger partial charge on any atom is 0.224 e. The molecule has 98 valence electrons. The number of benzene rings is 1. The molecule has 0 radical (unpaired) electrons. The number of hydrogen-bond acceptors (Lipinski definition) is 4. The molecule has 0 amide bonds. The van der Waals surface area contributed by atoms with Crippen LogP contribution in [0.15, 0.2) is 30.3 Å². The van der Waals surface area contributed by atoms with Gasteiger partial charge >= 0.3 is 0 Å². The molecule has 1 saturated carbocycles. The summed E-state index contributed by atoms with van der Waals surface area (Å²) in [4.78, 5) is 8.96. The molecule has 0 spiro atoms. The third kappa shape index (κ3) is 3.15. The molecule has 0 atom stereocenters. The Labute approximate surface area is 125 Å². The lowest BCUT2D eigenvalue weighted by Gasteiger charge is -2.08. The van der Waals surface area contributed by atoms with Crippen molar-refractivity contribution in [2.45, 2.75) is 18.8 Å². The summed E-state index contributed by atoms with van der Waals surface area (Å²) >= 11 is 2.26. The minimum atomic E-state index is 0.506. The number of hydrogen-bond donors (Lipinski definition) is 1. The molecule has 4 nitrogen and oxygen atoms in total. The van der Waals surface area contributed by atoms with E-state index < -0.39 is 0 Å². The summed E-state index contributed by atoms with van der Waals surface area (Å²) < 4.78 is 6.96. The fourth-order valence-electron chi connectivity index (χ4n) is 1.80. The summed E-state index contributed by atoms with van der Waals surface area (Å²) in [6.07, 6.45) is 2.35. The van der Waals surface area contributed by atoms with Crippen molar-refractivity contribution in [3.8, 4) is 11.6 Å². The van der Waals surface area contributed by atoms with Crippen LogP contribution in [-0.2, 0) is 0 Å². The van der Waals surface area contributed by atoms with E-state index in [1.807, 2.05) is 37.4 Å². The van der Waals surface area contributed by atoms with E-state index >= 15 is 0 Å². The van der Waals surface area contributed by atoms with Crippen molar-refractivity contribution in [1.29, 1.82) is 0 Å². The highest BCUT2D eigenvalue weighted by atomic mass is 127. The lowest BCUT2D eigenvalue weighted by molar-refractivity contribution is 0.458. The van der Waals surface area contributed by atoms with E-state index in [-0.39, 0.29) is 0 Å². The highest BCUT2D eigenvalue weighted by Gasteiger charge is 2.27. The molecule has 0 bridgehead atoms. The molecule has 2 aromatic rings. The molecule has 5 heteroatoms. The fraction of sp³-hybridized carbons (Fsp3) is 0.286. The zero-order chi connectivity index (χ0) is 13.2. The van der Waals surface area contributed by atoms with E-state index in [1.165, 1.54) is 12.8 Å². The predicted octanol–water partition coefficient (Wildman–Crippen LogP) is 3.79. The molecule has 0 aliphatic heterocycles. The average molecular weight is 367 g/mol. The largest absolute Gasteiger partial charge is 0.439 e. The number of anilines is 1. The van der Waals surface area contributed by atoms with Gasteiger partial charge in [-0.05, 0) is 53.6 Å². The van der Waals surface area contributed by atoms with Gasteiger partial charge in [0, 0.05) is 22.6 Å². The summed E-state index contributed by atoms with van der Waals surface area (Å²) in [7, 11) is 1.86. The first-order valence-corrected chi connectivity index (χ1v) is 7.32. The fourth-order valence-corrected chi connectivity index (χ4v) is 2.31. The van der Waals surface area contributed by atoms with Gasteiger partial charge in [0.25, 0.3) is 0 Å². The molecule has 1 aromatic carbocycles. The molecule has 1 aliphatic carbocycles. The number of nitrogens with one attached hydrogen (secondary N) is 1. The molecule has 1 aromatic heterocycles. The summed E-state index contributed by atoms with van der Waals surface area (Å²) in [6, 6.07) is 9.74. The van der Waals surface area contributed by atoms with Gasteiger partial charge in [-0.3, -0.25) is 0 Å². The van der Waals surface area contributed by atoms with Gasteiger partial charge in [0.1, 0.15) is 17.4 Å². The van der Waals surface area contributed by atoms with Gasteiger partial charge in [-0.1, -0.05) is 6.07 Å². The van der Waals surface area contributed by atoms with Crippen molar-refractivity contribution in [2.75, 3.05) is 12.4 Å². The molecule has 3 rings (SSSR count). The summed E-state index contributed by atoms with van der Waals surface area (Å²) in [6.45, 7) is 0. The van der Waals surface area contributed by atoms with E-state index in [2.05, 4.69) is 37.9 Å². The third-order valence-corrected chi connectivity index (χ3v) is 3.61. The van der Waals surface area contributed by atoms with Crippen LogP contribution in [0.3, 0.4) is 0 Å². The second kappa shape index (κ2) is 5.32. The van der Waals surface area contributed by atoms with E-state index in [9.17, 15) is 0 Å². The van der Waals surface area contributed by atoms with Crippen LogP contribution in [0.25, 0.3) is 0 Å². The third-order valence-electron chi connectivity index (χ3n) is 2.94. The Morgan fingerprint density at radius 2 is 2.11 bits per heavy atom. The Morgan fingerprint density at radius 1 is 1.26 bits per heavy atom. The van der Waals surface area contributed by atoms with Crippen LogP contribution in [0.2, 0.25) is 0 Å². The topological polar surface area (TPSA) is 47.0 Å². The minimum absolute atomic E-state index is 0.506. The smallest absolute Gasteiger partial charge is 0.224 e. The molecule has 1 heterocycles. The van der Waals surface area contributed by atoms with Gasteiger partial charge in [0.2, 0.25) is 5.88 Å². The number of aromatic nitrogens is 2. The van der Waals surface area contributed by atoms with Crippen LogP contribution in [0, 0.1) is 3.57 Å². The first-order valence-electron chi connectivity index (χ1n) is 6.25. The van der Waals surface area contributed by atoms with Crippen molar-refractivity contribution < 1.29 is 4.74 Å².